The van der Waals surface area contributed by atoms with Crippen LogP contribution in [-0.4, -0.2) is 48.7 Å². The van der Waals surface area contributed by atoms with Gasteiger partial charge in [-0.1, -0.05) is 17.7 Å². The molecule has 27 heavy (non-hydrogen) atoms. The maximum absolute atomic E-state index is 10.4. The zero-order chi connectivity index (χ0) is 19.1. The van der Waals surface area contributed by atoms with E-state index in [1.165, 1.54) is 29.1 Å². The van der Waals surface area contributed by atoms with Crippen LogP contribution in [0.4, 0.5) is 0 Å². The first-order valence-corrected chi connectivity index (χ1v) is 11.5. The first-order valence-electron chi connectivity index (χ1n) is 9.40. The van der Waals surface area contributed by atoms with Gasteiger partial charge < -0.3 is 15.7 Å². The van der Waals surface area contributed by atoms with Crippen molar-refractivity contribution in [3.05, 3.63) is 43.7 Å². The Morgan fingerprint density at radius 1 is 1.26 bits per heavy atom. The minimum absolute atomic E-state index is 0.323. The predicted octanol–water partition coefficient (Wildman–Crippen LogP) is 3.89. The van der Waals surface area contributed by atoms with Gasteiger partial charge in [-0.15, -0.1) is 22.7 Å². The molecule has 3 N–H and O–H groups in total. The summed E-state index contributed by atoms with van der Waals surface area (Å²) >= 11 is 9.16. The van der Waals surface area contributed by atoms with Crippen molar-refractivity contribution in [3.8, 4) is 0 Å². The Bertz CT molecular complexity index is 713. The molecule has 0 aliphatic carbocycles. The fourth-order valence-corrected chi connectivity index (χ4v) is 5.14. The summed E-state index contributed by atoms with van der Waals surface area (Å²) < 4.78 is 0.689. The summed E-state index contributed by atoms with van der Waals surface area (Å²) in [5.74, 6) is 0.736. The lowest BCUT2D eigenvalue weighted by molar-refractivity contribution is 0.184. The Morgan fingerprint density at radius 2 is 2.07 bits per heavy atom. The molecule has 148 valence electrons. The molecule has 1 aliphatic heterocycles. The Kier molecular flexibility index (Phi) is 7.96. The SMILES string of the molecule is CCNC(=NCC(c1cccs1)N1CCCC1)NCC(O)c1ccc(Cl)s1. The minimum atomic E-state index is -0.599. The molecule has 0 radical (unpaired) electrons. The second-order valence-electron chi connectivity index (χ2n) is 6.53. The zero-order valence-electron chi connectivity index (χ0n) is 15.5. The number of halogens is 1. The van der Waals surface area contributed by atoms with Gasteiger partial charge in [-0.05, 0) is 56.4 Å². The van der Waals surface area contributed by atoms with Crippen molar-refractivity contribution < 1.29 is 5.11 Å². The highest BCUT2D eigenvalue weighted by Gasteiger charge is 2.24. The molecule has 0 spiro atoms. The van der Waals surface area contributed by atoms with Gasteiger partial charge in [-0.3, -0.25) is 9.89 Å². The number of hydrogen-bond donors (Lipinski definition) is 3. The molecule has 0 amide bonds. The number of rotatable bonds is 8. The third kappa shape index (κ3) is 5.93. The van der Waals surface area contributed by atoms with Crippen molar-refractivity contribution in [2.45, 2.75) is 31.9 Å². The van der Waals surface area contributed by atoms with E-state index in [1.54, 1.807) is 11.3 Å². The largest absolute Gasteiger partial charge is 0.386 e. The van der Waals surface area contributed by atoms with Crippen LogP contribution in [0.25, 0.3) is 0 Å². The Hall–Kier alpha value is -1.12. The third-order valence-electron chi connectivity index (χ3n) is 4.60. The van der Waals surface area contributed by atoms with Crippen molar-refractivity contribution in [3.63, 3.8) is 0 Å². The maximum atomic E-state index is 10.4. The van der Waals surface area contributed by atoms with E-state index in [9.17, 15) is 5.11 Å². The third-order valence-corrected chi connectivity index (χ3v) is 6.91. The molecule has 0 bridgehead atoms. The van der Waals surface area contributed by atoms with E-state index in [2.05, 4.69) is 33.0 Å². The summed E-state index contributed by atoms with van der Waals surface area (Å²) in [7, 11) is 0. The first kappa shape index (κ1) is 20.6. The van der Waals surface area contributed by atoms with Gasteiger partial charge >= 0.3 is 0 Å². The summed E-state index contributed by atoms with van der Waals surface area (Å²) in [5, 5.41) is 19.0. The molecular weight excluding hydrogens is 400 g/mol. The number of aliphatic imine (C=N–C) groups is 1. The lowest BCUT2D eigenvalue weighted by Gasteiger charge is -2.25. The van der Waals surface area contributed by atoms with Crippen molar-refractivity contribution in [1.29, 1.82) is 0 Å². The number of aliphatic hydroxyl groups excluding tert-OH is 1. The Balaban J connectivity index is 1.62. The number of likely N-dealkylation sites (tertiary alicyclic amines) is 1. The van der Waals surface area contributed by atoms with Crippen LogP contribution in [-0.2, 0) is 0 Å². The van der Waals surface area contributed by atoms with E-state index in [4.69, 9.17) is 16.6 Å². The average Bonchev–Trinajstić information content (AvgIpc) is 3.42. The monoisotopic (exact) mass is 426 g/mol. The number of nitrogens with zero attached hydrogens (tertiary/aromatic N) is 2. The summed E-state index contributed by atoms with van der Waals surface area (Å²) in [6, 6.07) is 8.31. The van der Waals surface area contributed by atoms with Crippen LogP contribution in [0.3, 0.4) is 0 Å². The Morgan fingerprint density at radius 3 is 2.70 bits per heavy atom. The van der Waals surface area contributed by atoms with Crippen molar-refractivity contribution >= 4 is 40.2 Å². The van der Waals surface area contributed by atoms with Crippen LogP contribution in [0.5, 0.6) is 0 Å². The van der Waals surface area contributed by atoms with E-state index < -0.39 is 6.10 Å². The minimum Gasteiger partial charge on any atom is -0.386 e. The average molecular weight is 427 g/mol. The molecule has 3 rings (SSSR count). The smallest absolute Gasteiger partial charge is 0.191 e. The van der Waals surface area contributed by atoms with Gasteiger partial charge in [0.2, 0.25) is 0 Å². The van der Waals surface area contributed by atoms with E-state index >= 15 is 0 Å². The van der Waals surface area contributed by atoms with Gasteiger partial charge in [0, 0.05) is 22.8 Å². The number of aliphatic hydroxyl groups is 1. The van der Waals surface area contributed by atoms with Gasteiger partial charge in [0.25, 0.3) is 0 Å². The van der Waals surface area contributed by atoms with Crippen LogP contribution in [0, 0.1) is 0 Å². The fraction of sp³-hybridized carbons (Fsp3) is 0.526. The highest BCUT2D eigenvalue weighted by atomic mass is 35.5. The molecule has 0 aromatic carbocycles. The molecule has 0 saturated carbocycles. The van der Waals surface area contributed by atoms with Crippen LogP contribution in [0.15, 0.2) is 34.6 Å². The summed E-state index contributed by atoms with van der Waals surface area (Å²) in [6.07, 6.45) is 1.93. The molecule has 2 aromatic heterocycles. The number of guanidine groups is 1. The van der Waals surface area contributed by atoms with Crippen LogP contribution < -0.4 is 10.6 Å². The zero-order valence-corrected chi connectivity index (χ0v) is 17.9. The van der Waals surface area contributed by atoms with Gasteiger partial charge in [0.05, 0.1) is 16.9 Å². The molecule has 8 heteroatoms. The Labute approximate surface area is 174 Å². The molecule has 2 atom stereocenters. The number of thiophene rings is 2. The van der Waals surface area contributed by atoms with E-state index in [0.717, 1.165) is 30.5 Å². The highest BCUT2D eigenvalue weighted by molar-refractivity contribution is 7.16. The molecule has 2 unspecified atom stereocenters. The first-order chi connectivity index (χ1) is 13.2. The standard InChI is InChI=1S/C19H27ClN4OS2/c1-2-21-19(23-13-15(25)17-7-8-18(20)27-17)22-12-14(16-6-5-11-26-16)24-9-3-4-10-24/h5-8,11,14-15,25H,2-4,9-10,12-13H2,1H3,(H2,21,22,23). The second kappa shape index (κ2) is 10.4. The normalized spacial score (nSPS) is 17.8. The van der Waals surface area contributed by atoms with Crippen LogP contribution >= 0.6 is 34.3 Å². The lowest BCUT2D eigenvalue weighted by Crippen LogP contribution is -2.40. The quantitative estimate of drug-likeness (QED) is 0.442. The van der Waals surface area contributed by atoms with Gasteiger partial charge in [-0.25, -0.2) is 0 Å². The van der Waals surface area contributed by atoms with Gasteiger partial charge in [0.15, 0.2) is 5.96 Å². The molecule has 1 aliphatic rings. The molecular formula is C19H27ClN4OS2. The number of hydrogen-bond acceptors (Lipinski definition) is 5. The molecule has 1 saturated heterocycles. The lowest BCUT2D eigenvalue weighted by atomic mass is 10.2. The van der Waals surface area contributed by atoms with Crippen LogP contribution in [0.1, 0.15) is 41.7 Å². The summed E-state index contributed by atoms with van der Waals surface area (Å²) in [5.41, 5.74) is 0. The van der Waals surface area contributed by atoms with Crippen molar-refractivity contribution in [2.75, 3.05) is 32.7 Å². The predicted molar refractivity (Wildman–Crippen MR) is 116 cm³/mol. The van der Waals surface area contributed by atoms with Crippen molar-refractivity contribution in [2.24, 2.45) is 4.99 Å². The topological polar surface area (TPSA) is 59.9 Å². The van der Waals surface area contributed by atoms with E-state index in [-0.39, 0.29) is 0 Å². The second-order valence-corrected chi connectivity index (χ2v) is 9.26. The fourth-order valence-electron chi connectivity index (χ4n) is 3.24. The van der Waals surface area contributed by atoms with Crippen molar-refractivity contribution in [1.82, 2.24) is 15.5 Å². The molecule has 2 aromatic rings. The van der Waals surface area contributed by atoms with E-state index in [0.29, 0.717) is 23.5 Å². The number of nitrogens with one attached hydrogen (secondary N) is 2. The van der Waals surface area contributed by atoms with E-state index in [1.807, 2.05) is 19.1 Å². The maximum Gasteiger partial charge on any atom is 0.191 e. The molecule has 5 nitrogen and oxygen atoms in total. The summed E-state index contributed by atoms with van der Waals surface area (Å²) in [4.78, 5) is 9.56. The molecule has 3 heterocycles. The highest BCUT2D eigenvalue weighted by Crippen LogP contribution is 2.29. The van der Waals surface area contributed by atoms with Gasteiger partial charge in [0.1, 0.15) is 6.10 Å². The van der Waals surface area contributed by atoms with Crippen LogP contribution in [0.2, 0.25) is 4.34 Å². The molecule has 1 fully saturated rings. The summed E-state index contributed by atoms with van der Waals surface area (Å²) in [6.45, 7) is 6.21. The van der Waals surface area contributed by atoms with Gasteiger partial charge in [-0.2, -0.15) is 0 Å².